The Balaban J connectivity index is 2.05. The van der Waals surface area contributed by atoms with Crippen LogP contribution in [0.3, 0.4) is 0 Å². The maximum Gasteiger partial charge on any atom is 0.227 e. The van der Waals surface area contributed by atoms with Crippen LogP contribution in [0, 0.1) is 5.92 Å². The molecule has 0 spiro atoms. The number of carbonyl (C=O) groups is 1. The molecule has 1 unspecified atom stereocenters. The van der Waals surface area contributed by atoms with Crippen molar-refractivity contribution in [3.05, 3.63) is 35.9 Å². The van der Waals surface area contributed by atoms with E-state index in [0.29, 0.717) is 5.91 Å². The Morgan fingerprint density at radius 3 is 2.58 bits per heavy atom. The van der Waals surface area contributed by atoms with Crippen molar-refractivity contribution in [2.24, 2.45) is 5.92 Å². The Hall–Kier alpha value is -1.35. The first kappa shape index (κ1) is 14.1. The summed E-state index contributed by atoms with van der Waals surface area (Å²) in [5.74, 6) is 0.485. The third kappa shape index (κ3) is 3.57. The van der Waals surface area contributed by atoms with E-state index in [2.05, 4.69) is 37.9 Å². The first-order chi connectivity index (χ1) is 9.08. The second-order valence-corrected chi connectivity index (χ2v) is 5.79. The fourth-order valence-electron chi connectivity index (χ4n) is 2.67. The highest BCUT2D eigenvalue weighted by molar-refractivity contribution is 5.79. The molecule has 1 aliphatic rings. The van der Waals surface area contributed by atoms with E-state index in [1.54, 1.807) is 0 Å². The van der Waals surface area contributed by atoms with Crippen LogP contribution < -0.4 is 0 Å². The molecule has 0 saturated carbocycles. The number of benzene rings is 1. The lowest BCUT2D eigenvalue weighted by molar-refractivity contribution is -0.137. The largest absolute Gasteiger partial charge is 0.336 e. The Morgan fingerprint density at radius 1 is 1.37 bits per heavy atom. The zero-order valence-corrected chi connectivity index (χ0v) is 12.2. The van der Waals surface area contributed by atoms with Gasteiger partial charge in [-0.15, -0.1) is 0 Å². The first-order valence-electron chi connectivity index (χ1n) is 7.11. The standard InChI is InChI=1S/C16H24N2O/c1-13(2)18(11-14-7-5-4-6-8-14)16(19)15-9-10-17(3)12-15/h4-8,13,15H,9-12H2,1-3H3. The monoisotopic (exact) mass is 260 g/mol. The number of amides is 1. The molecule has 104 valence electrons. The third-order valence-corrected chi connectivity index (χ3v) is 3.84. The molecule has 0 aliphatic carbocycles. The number of hydrogen-bond donors (Lipinski definition) is 0. The lowest BCUT2D eigenvalue weighted by Gasteiger charge is -2.29. The van der Waals surface area contributed by atoms with Gasteiger partial charge in [0.15, 0.2) is 0 Å². The molecule has 1 heterocycles. The van der Waals surface area contributed by atoms with Crippen LogP contribution in [0.25, 0.3) is 0 Å². The molecule has 3 nitrogen and oxygen atoms in total. The molecule has 1 aliphatic heterocycles. The van der Waals surface area contributed by atoms with Gasteiger partial charge in [0.05, 0.1) is 5.92 Å². The van der Waals surface area contributed by atoms with Gasteiger partial charge in [0.2, 0.25) is 5.91 Å². The SMILES string of the molecule is CC(C)N(Cc1ccccc1)C(=O)C1CCN(C)C1. The van der Waals surface area contributed by atoms with E-state index < -0.39 is 0 Å². The van der Waals surface area contributed by atoms with Crippen LogP contribution in [0.15, 0.2) is 30.3 Å². The Labute approximate surface area is 116 Å². The molecule has 0 N–H and O–H groups in total. The number of nitrogens with zero attached hydrogens (tertiary/aromatic N) is 2. The molecular formula is C16H24N2O. The van der Waals surface area contributed by atoms with Crippen molar-refractivity contribution in [2.45, 2.75) is 32.9 Å². The summed E-state index contributed by atoms with van der Waals surface area (Å²) in [5, 5.41) is 0. The van der Waals surface area contributed by atoms with Crippen LogP contribution in [0.1, 0.15) is 25.8 Å². The molecule has 1 fully saturated rings. The summed E-state index contributed by atoms with van der Waals surface area (Å²) in [6.07, 6.45) is 0.993. The van der Waals surface area contributed by atoms with Gasteiger partial charge >= 0.3 is 0 Å². The smallest absolute Gasteiger partial charge is 0.227 e. The van der Waals surface area contributed by atoms with Crippen molar-refractivity contribution in [1.82, 2.24) is 9.80 Å². The zero-order valence-electron chi connectivity index (χ0n) is 12.2. The van der Waals surface area contributed by atoms with Crippen LogP contribution in [0.5, 0.6) is 0 Å². The zero-order chi connectivity index (χ0) is 13.8. The molecule has 1 atom stereocenters. The molecule has 1 saturated heterocycles. The minimum atomic E-state index is 0.177. The van der Waals surface area contributed by atoms with Gasteiger partial charge in [-0.3, -0.25) is 4.79 Å². The molecule has 1 amide bonds. The highest BCUT2D eigenvalue weighted by atomic mass is 16.2. The molecule has 0 aromatic heterocycles. The normalized spacial score (nSPS) is 19.9. The van der Waals surface area contributed by atoms with Crippen LogP contribution in [-0.4, -0.2) is 41.9 Å². The molecule has 1 aromatic rings. The van der Waals surface area contributed by atoms with Crippen molar-refractivity contribution >= 4 is 5.91 Å². The second-order valence-electron chi connectivity index (χ2n) is 5.79. The maximum absolute atomic E-state index is 12.6. The quantitative estimate of drug-likeness (QED) is 0.830. The van der Waals surface area contributed by atoms with Crippen LogP contribution in [0.4, 0.5) is 0 Å². The van der Waals surface area contributed by atoms with Gasteiger partial charge in [0, 0.05) is 19.1 Å². The van der Waals surface area contributed by atoms with Gasteiger partial charge in [-0.05, 0) is 39.4 Å². The van der Waals surface area contributed by atoms with E-state index >= 15 is 0 Å². The number of hydrogen-bond acceptors (Lipinski definition) is 2. The van der Waals surface area contributed by atoms with Crippen LogP contribution >= 0.6 is 0 Å². The summed E-state index contributed by atoms with van der Waals surface area (Å²) >= 11 is 0. The summed E-state index contributed by atoms with van der Waals surface area (Å²) in [4.78, 5) is 16.9. The summed E-state index contributed by atoms with van der Waals surface area (Å²) in [5.41, 5.74) is 1.20. The van der Waals surface area contributed by atoms with Crippen molar-refractivity contribution in [1.29, 1.82) is 0 Å². The lowest BCUT2D eigenvalue weighted by Crippen LogP contribution is -2.41. The van der Waals surface area contributed by atoms with E-state index in [-0.39, 0.29) is 12.0 Å². The Kier molecular flexibility index (Phi) is 4.59. The average molecular weight is 260 g/mol. The summed E-state index contributed by atoms with van der Waals surface area (Å²) in [6.45, 7) is 6.85. The Morgan fingerprint density at radius 2 is 2.05 bits per heavy atom. The van der Waals surface area contributed by atoms with Gasteiger partial charge in [0.1, 0.15) is 0 Å². The highest BCUT2D eigenvalue weighted by Crippen LogP contribution is 2.20. The predicted octanol–water partition coefficient (Wildman–Crippen LogP) is 2.38. The summed E-state index contributed by atoms with van der Waals surface area (Å²) in [6, 6.07) is 10.5. The van der Waals surface area contributed by atoms with Gasteiger partial charge < -0.3 is 9.80 Å². The van der Waals surface area contributed by atoms with Gasteiger partial charge in [-0.1, -0.05) is 30.3 Å². The number of rotatable bonds is 4. The number of likely N-dealkylation sites (tertiary alicyclic amines) is 1. The number of carbonyl (C=O) groups excluding carboxylic acids is 1. The maximum atomic E-state index is 12.6. The van der Waals surface area contributed by atoms with Gasteiger partial charge in [0.25, 0.3) is 0 Å². The van der Waals surface area contributed by atoms with E-state index in [9.17, 15) is 4.79 Å². The molecule has 1 aromatic carbocycles. The van der Waals surface area contributed by atoms with E-state index in [0.717, 1.165) is 26.1 Å². The molecule has 3 heteroatoms. The van der Waals surface area contributed by atoms with E-state index in [4.69, 9.17) is 0 Å². The van der Waals surface area contributed by atoms with Crippen LogP contribution in [-0.2, 0) is 11.3 Å². The fourth-order valence-corrected chi connectivity index (χ4v) is 2.67. The van der Waals surface area contributed by atoms with Crippen molar-refractivity contribution in [3.63, 3.8) is 0 Å². The minimum Gasteiger partial charge on any atom is -0.336 e. The van der Waals surface area contributed by atoms with Crippen molar-refractivity contribution in [2.75, 3.05) is 20.1 Å². The molecule has 0 radical (unpaired) electrons. The van der Waals surface area contributed by atoms with Gasteiger partial charge in [-0.2, -0.15) is 0 Å². The van der Waals surface area contributed by atoms with Crippen molar-refractivity contribution in [3.8, 4) is 0 Å². The lowest BCUT2D eigenvalue weighted by atomic mass is 10.1. The van der Waals surface area contributed by atoms with E-state index in [1.807, 2.05) is 23.1 Å². The predicted molar refractivity (Wildman–Crippen MR) is 77.7 cm³/mol. The Bertz CT molecular complexity index is 416. The van der Waals surface area contributed by atoms with Crippen LogP contribution in [0.2, 0.25) is 0 Å². The minimum absolute atomic E-state index is 0.177. The molecular weight excluding hydrogens is 236 g/mol. The van der Waals surface area contributed by atoms with Gasteiger partial charge in [-0.25, -0.2) is 0 Å². The first-order valence-corrected chi connectivity index (χ1v) is 7.11. The van der Waals surface area contributed by atoms with E-state index in [1.165, 1.54) is 5.56 Å². The average Bonchev–Trinajstić information content (AvgIpc) is 2.83. The molecule has 19 heavy (non-hydrogen) atoms. The second kappa shape index (κ2) is 6.20. The highest BCUT2D eigenvalue weighted by Gasteiger charge is 2.30. The molecule has 0 bridgehead atoms. The topological polar surface area (TPSA) is 23.6 Å². The molecule has 2 rings (SSSR count). The summed E-state index contributed by atoms with van der Waals surface area (Å²) in [7, 11) is 2.09. The summed E-state index contributed by atoms with van der Waals surface area (Å²) < 4.78 is 0. The third-order valence-electron chi connectivity index (χ3n) is 3.84. The fraction of sp³-hybridized carbons (Fsp3) is 0.562. The van der Waals surface area contributed by atoms with Crippen molar-refractivity contribution < 1.29 is 4.79 Å².